The standard InChI is InChI=1S/C56H86N8O10/c1-69-49-38-50(70-2)48(56(68)64-42-21-17-40(18-22-42)62-54(66)46-26-24-44(72-32-12-4-8-28-58)36-52(46)74-34-14-6-10-30-60)37-47(49)55(67)63-41-19-15-39(16-20-41)61-53(65)45-25-23-43(71-31-11-3-7-27-57)35-51(45)73-33-13-5-9-29-59/h23-26,35-42H,3-22,27-34,57-60H2,1-2H3,(H,61,65)(H,62,66)(H,63,67)(H,64,68). The van der Waals surface area contributed by atoms with Gasteiger partial charge in [-0.05, 0) is 185 Å². The van der Waals surface area contributed by atoms with E-state index in [4.69, 9.17) is 51.4 Å². The van der Waals surface area contributed by atoms with Gasteiger partial charge in [0.05, 0.1) is 62.9 Å². The Morgan fingerprint density at radius 2 is 0.676 bits per heavy atom. The number of hydrogen-bond donors (Lipinski definition) is 8. The van der Waals surface area contributed by atoms with Gasteiger partial charge in [-0.1, -0.05) is 0 Å². The summed E-state index contributed by atoms with van der Waals surface area (Å²) in [6.07, 6.45) is 16.1. The minimum atomic E-state index is -0.377. The van der Waals surface area contributed by atoms with Crippen molar-refractivity contribution in [2.45, 2.75) is 153 Å². The molecule has 2 aliphatic carbocycles. The lowest BCUT2D eigenvalue weighted by Crippen LogP contribution is -2.44. The second kappa shape index (κ2) is 33.2. The molecule has 2 saturated carbocycles. The Hall–Kier alpha value is -5.82. The van der Waals surface area contributed by atoms with Crippen molar-refractivity contribution in [1.29, 1.82) is 0 Å². The summed E-state index contributed by atoms with van der Waals surface area (Å²) < 4.78 is 35.4. The lowest BCUT2D eigenvalue weighted by atomic mass is 9.90. The Morgan fingerprint density at radius 1 is 0.378 bits per heavy atom. The molecule has 0 aliphatic heterocycles. The van der Waals surface area contributed by atoms with Crippen LogP contribution in [0.1, 0.15) is 170 Å². The van der Waals surface area contributed by atoms with Gasteiger partial charge in [0.25, 0.3) is 23.6 Å². The summed E-state index contributed by atoms with van der Waals surface area (Å²) in [6.45, 7) is 4.57. The fourth-order valence-corrected chi connectivity index (χ4v) is 9.31. The molecule has 18 heteroatoms. The molecule has 410 valence electrons. The van der Waals surface area contributed by atoms with Gasteiger partial charge in [-0.3, -0.25) is 19.2 Å². The van der Waals surface area contributed by atoms with Gasteiger partial charge in [-0.2, -0.15) is 0 Å². The van der Waals surface area contributed by atoms with Crippen LogP contribution in [-0.4, -0.2) is 115 Å². The molecule has 0 atom stereocenters. The molecule has 74 heavy (non-hydrogen) atoms. The van der Waals surface area contributed by atoms with E-state index in [2.05, 4.69) is 21.3 Å². The topological polar surface area (TPSA) is 276 Å². The Balaban J connectivity index is 1.13. The number of ether oxygens (including phenoxy) is 6. The zero-order valence-electron chi connectivity index (χ0n) is 44.1. The number of nitrogens with one attached hydrogen (secondary N) is 4. The number of rotatable bonds is 34. The molecule has 0 unspecified atom stereocenters. The molecule has 0 radical (unpaired) electrons. The molecule has 0 saturated heterocycles. The van der Waals surface area contributed by atoms with E-state index in [0.717, 1.165) is 77.0 Å². The van der Waals surface area contributed by atoms with E-state index >= 15 is 0 Å². The zero-order chi connectivity index (χ0) is 52.9. The lowest BCUT2D eigenvalue weighted by Gasteiger charge is -2.30. The molecular weight excluding hydrogens is 945 g/mol. The van der Waals surface area contributed by atoms with E-state index in [1.165, 1.54) is 20.3 Å². The molecule has 4 amide bonds. The van der Waals surface area contributed by atoms with Crippen LogP contribution in [0.3, 0.4) is 0 Å². The maximum atomic E-state index is 13.9. The zero-order valence-corrected chi connectivity index (χ0v) is 44.1. The van der Waals surface area contributed by atoms with Crippen LogP contribution in [-0.2, 0) is 0 Å². The highest BCUT2D eigenvalue weighted by Gasteiger charge is 2.30. The van der Waals surface area contributed by atoms with Crippen molar-refractivity contribution >= 4 is 23.6 Å². The van der Waals surface area contributed by atoms with Gasteiger partial charge in [-0.25, -0.2) is 0 Å². The van der Waals surface area contributed by atoms with Gasteiger partial charge in [0.15, 0.2) is 0 Å². The van der Waals surface area contributed by atoms with Gasteiger partial charge in [-0.15, -0.1) is 0 Å². The number of nitrogens with two attached hydrogens (primary N) is 4. The van der Waals surface area contributed by atoms with Crippen LogP contribution in [0.25, 0.3) is 0 Å². The number of methoxy groups -OCH3 is 2. The van der Waals surface area contributed by atoms with E-state index in [0.29, 0.717) is 138 Å². The van der Waals surface area contributed by atoms with Crippen molar-refractivity contribution in [2.24, 2.45) is 22.9 Å². The maximum absolute atomic E-state index is 13.9. The number of carbonyl (C=O) groups excluding carboxylic acids is 4. The molecule has 2 fully saturated rings. The monoisotopic (exact) mass is 1030 g/mol. The van der Waals surface area contributed by atoms with Crippen LogP contribution < -0.4 is 72.6 Å². The summed E-state index contributed by atoms with van der Waals surface area (Å²) in [4.78, 5) is 55.2. The largest absolute Gasteiger partial charge is 0.496 e. The van der Waals surface area contributed by atoms with E-state index < -0.39 is 0 Å². The van der Waals surface area contributed by atoms with Gasteiger partial charge in [0.2, 0.25) is 0 Å². The Labute approximate surface area is 438 Å². The van der Waals surface area contributed by atoms with Crippen molar-refractivity contribution in [3.63, 3.8) is 0 Å². The van der Waals surface area contributed by atoms with E-state index in [1.807, 2.05) is 0 Å². The fourth-order valence-electron chi connectivity index (χ4n) is 9.31. The first-order valence-corrected chi connectivity index (χ1v) is 27.2. The minimum absolute atomic E-state index is 0.0995. The van der Waals surface area contributed by atoms with Crippen molar-refractivity contribution in [2.75, 3.05) is 66.8 Å². The Morgan fingerprint density at radius 3 is 0.973 bits per heavy atom. The van der Waals surface area contributed by atoms with Crippen molar-refractivity contribution in [3.05, 3.63) is 70.8 Å². The first-order valence-electron chi connectivity index (χ1n) is 27.2. The SMILES string of the molecule is COc1cc(OC)c(C(=O)NC2CCC(NC(=O)c3ccc(OCCCCCN)cc3OCCCCCN)CC2)cc1C(=O)NC1CCC(NC(=O)c2ccc(OCCCCCN)cc2OCCCCCN)CC1. The predicted molar refractivity (Wildman–Crippen MR) is 288 cm³/mol. The first kappa shape index (κ1) is 59.1. The van der Waals surface area contributed by atoms with Gasteiger partial charge < -0.3 is 72.6 Å². The molecule has 12 N–H and O–H groups in total. The number of amides is 4. The molecule has 0 bridgehead atoms. The second-order valence-electron chi connectivity index (χ2n) is 19.4. The minimum Gasteiger partial charge on any atom is -0.496 e. The third-order valence-corrected chi connectivity index (χ3v) is 13.6. The molecule has 0 spiro atoms. The normalized spacial score (nSPS) is 17.4. The smallest absolute Gasteiger partial charge is 0.255 e. The molecule has 3 aromatic carbocycles. The van der Waals surface area contributed by atoms with Crippen LogP contribution >= 0.6 is 0 Å². The molecule has 18 nitrogen and oxygen atoms in total. The fraction of sp³-hybridized carbons (Fsp3) is 0.607. The molecule has 0 aromatic heterocycles. The third kappa shape index (κ3) is 19.5. The predicted octanol–water partition coefficient (Wildman–Crippen LogP) is 6.68. The van der Waals surface area contributed by atoms with Crippen molar-refractivity contribution < 1.29 is 47.6 Å². The van der Waals surface area contributed by atoms with Gasteiger partial charge in [0.1, 0.15) is 34.5 Å². The summed E-state index contributed by atoms with van der Waals surface area (Å²) in [5, 5.41) is 12.7. The van der Waals surface area contributed by atoms with E-state index in [9.17, 15) is 19.2 Å². The van der Waals surface area contributed by atoms with Gasteiger partial charge >= 0.3 is 0 Å². The molecule has 0 heterocycles. The summed E-state index contributed by atoms with van der Waals surface area (Å²) >= 11 is 0. The number of hydrogen-bond acceptors (Lipinski definition) is 14. The average Bonchev–Trinajstić information content (AvgIpc) is 3.41. The highest BCUT2D eigenvalue weighted by Crippen LogP contribution is 2.32. The van der Waals surface area contributed by atoms with Crippen LogP contribution in [0.5, 0.6) is 34.5 Å². The number of unbranched alkanes of at least 4 members (excludes halogenated alkanes) is 8. The molecule has 2 aliphatic rings. The number of carbonyl (C=O) groups is 4. The summed E-state index contributed by atoms with van der Waals surface area (Å²) in [6, 6.07) is 13.2. The first-order chi connectivity index (χ1) is 36.1. The second-order valence-corrected chi connectivity index (χ2v) is 19.4. The van der Waals surface area contributed by atoms with E-state index in [1.54, 1.807) is 42.5 Å². The summed E-state index contributed by atoms with van der Waals surface area (Å²) in [5.41, 5.74) is 23.9. The quantitative estimate of drug-likeness (QED) is 0.0290. The van der Waals surface area contributed by atoms with Crippen LogP contribution in [0, 0.1) is 0 Å². The molecular formula is C56H86N8O10. The number of benzene rings is 3. The van der Waals surface area contributed by atoms with Crippen molar-refractivity contribution in [3.8, 4) is 34.5 Å². The maximum Gasteiger partial charge on any atom is 0.255 e. The highest BCUT2D eigenvalue weighted by molar-refractivity contribution is 6.03. The van der Waals surface area contributed by atoms with Gasteiger partial charge in [0, 0.05) is 42.4 Å². The van der Waals surface area contributed by atoms with E-state index in [-0.39, 0.29) is 70.4 Å². The summed E-state index contributed by atoms with van der Waals surface area (Å²) in [5.74, 6) is 1.59. The molecule has 5 rings (SSSR count). The summed E-state index contributed by atoms with van der Waals surface area (Å²) in [7, 11) is 2.94. The Bertz CT molecular complexity index is 2030. The van der Waals surface area contributed by atoms with Crippen LogP contribution in [0.4, 0.5) is 0 Å². The van der Waals surface area contributed by atoms with Crippen molar-refractivity contribution in [1.82, 2.24) is 21.3 Å². The van der Waals surface area contributed by atoms with Crippen LogP contribution in [0.2, 0.25) is 0 Å². The lowest BCUT2D eigenvalue weighted by molar-refractivity contribution is 0.0883. The third-order valence-electron chi connectivity index (χ3n) is 13.6. The highest BCUT2D eigenvalue weighted by atomic mass is 16.5. The van der Waals surface area contributed by atoms with Crippen LogP contribution in [0.15, 0.2) is 48.5 Å². The molecule has 3 aromatic rings. The average molecular weight is 1030 g/mol. The Kier molecular flexibility index (Phi) is 26.5.